The summed E-state index contributed by atoms with van der Waals surface area (Å²) >= 11 is 0. The van der Waals surface area contributed by atoms with E-state index in [2.05, 4.69) is 10.6 Å². The van der Waals surface area contributed by atoms with Crippen LogP contribution in [0.2, 0.25) is 0 Å². The lowest BCUT2D eigenvalue weighted by atomic mass is 10.1. The molecule has 0 fully saturated rings. The molecule has 2 aromatic rings. The fourth-order valence-electron chi connectivity index (χ4n) is 2.59. The van der Waals surface area contributed by atoms with Crippen molar-refractivity contribution in [3.8, 4) is 11.5 Å². The molecule has 1 amide bonds. The second-order valence-corrected chi connectivity index (χ2v) is 6.32. The first-order valence-corrected chi connectivity index (χ1v) is 9.06. The van der Waals surface area contributed by atoms with Crippen LogP contribution in [0.1, 0.15) is 24.5 Å². The average Bonchev–Trinajstić information content (AvgIpc) is 2.69. The maximum Gasteiger partial charge on any atom is 0.262 e. The molecule has 3 N–H and O–H groups in total. The summed E-state index contributed by atoms with van der Waals surface area (Å²) in [5, 5.41) is 15.4. The summed E-state index contributed by atoms with van der Waals surface area (Å²) < 4.78 is 11.2. The quantitative estimate of drug-likeness (QED) is 0.598. The SMILES string of the molecule is CCC(CO)NCc1cccc(OC)c1OCC(=O)Nc1ccc(C)cc1. The predicted molar refractivity (Wildman–Crippen MR) is 106 cm³/mol. The third-order valence-corrected chi connectivity index (χ3v) is 4.26. The number of aliphatic hydroxyl groups is 1. The lowest BCUT2D eigenvalue weighted by molar-refractivity contribution is -0.118. The Balaban J connectivity index is 2.02. The molecule has 2 rings (SSSR count). The van der Waals surface area contributed by atoms with Gasteiger partial charge in [-0.25, -0.2) is 0 Å². The Morgan fingerprint density at radius 2 is 1.93 bits per heavy atom. The molecular formula is C21H28N2O4. The normalized spacial score (nSPS) is 11.7. The number of hydrogen-bond donors (Lipinski definition) is 3. The van der Waals surface area contributed by atoms with Gasteiger partial charge in [0.25, 0.3) is 5.91 Å². The Morgan fingerprint density at radius 3 is 2.56 bits per heavy atom. The van der Waals surface area contributed by atoms with E-state index in [0.29, 0.717) is 18.0 Å². The maximum atomic E-state index is 12.2. The Kier molecular flexibility index (Phi) is 8.10. The molecule has 0 heterocycles. The Morgan fingerprint density at radius 1 is 1.19 bits per heavy atom. The van der Waals surface area contributed by atoms with Gasteiger partial charge in [0.2, 0.25) is 0 Å². The van der Waals surface area contributed by atoms with Crippen molar-refractivity contribution < 1.29 is 19.4 Å². The minimum absolute atomic E-state index is 0.00823. The molecule has 0 aromatic heterocycles. The zero-order valence-electron chi connectivity index (χ0n) is 16.1. The summed E-state index contributed by atoms with van der Waals surface area (Å²) in [6, 6.07) is 13.2. The van der Waals surface area contributed by atoms with Gasteiger partial charge >= 0.3 is 0 Å². The number of rotatable bonds is 10. The van der Waals surface area contributed by atoms with Gasteiger partial charge in [0.15, 0.2) is 18.1 Å². The van der Waals surface area contributed by atoms with E-state index in [9.17, 15) is 9.90 Å². The summed E-state index contributed by atoms with van der Waals surface area (Å²) in [7, 11) is 1.56. The van der Waals surface area contributed by atoms with Crippen molar-refractivity contribution in [1.29, 1.82) is 0 Å². The van der Waals surface area contributed by atoms with E-state index in [1.54, 1.807) is 13.2 Å². The van der Waals surface area contributed by atoms with Gasteiger partial charge in [-0.15, -0.1) is 0 Å². The van der Waals surface area contributed by atoms with E-state index in [4.69, 9.17) is 9.47 Å². The van der Waals surface area contributed by atoms with Gasteiger partial charge in [-0.2, -0.15) is 0 Å². The largest absolute Gasteiger partial charge is 0.493 e. The average molecular weight is 372 g/mol. The first kappa shape index (κ1) is 20.7. The number of methoxy groups -OCH3 is 1. The lowest BCUT2D eigenvalue weighted by Crippen LogP contribution is -2.31. The fraction of sp³-hybridized carbons (Fsp3) is 0.381. The number of nitrogens with one attached hydrogen (secondary N) is 2. The zero-order valence-corrected chi connectivity index (χ0v) is 16.1. The molecule has 6 nitrogen and oxygen atoms in total. The molecule has 146 valence electrons. The number of carbonyl (C=O) groups is 1. The minimum atomic E-state index is -0.245. The van der Waals surface area contributed by atoms with Gasteiger partial charge in [-0.3, -0.25) is 4.79 Å². The first-order chi connectivity index (χ1) is 13.1. The molecule has 0 spiro atoms. The van der Waals surface area contributed by atoms with Crippen LogP contribution in [0.3, 0.4) is 0 Å². The molecule has 0 saturated carbocycles. The molecule has 0 bridgehead atoms. The van der Waals surface area contributed by atoms with Gasteiger partial charge in [0, 0.05) is 23.8 Å². The zero-order chi connectivity index (χ0) is 19.6. The molecule has 2 aromatic carbocycles. The molecule has 6 heteroatoms. The van der Waals surface area contributed by atoms with Gasteiger partial charge in [-0.05, 0) is 31.5 Å². The van der Waals surface area contributed by atoms with Crippen LogP contribution in [0.4, 0.5) is 5.69 Å². The van der Waals surface area contributed by atoms with Crippen LogP contribution in [-0.2, 0) is 11.3 Å². The van der Waals surface area contributed by atoms with Crippen molar-refractivity contribution in [2.75, 3.05) is 25.6 Å². The van der Waals surface area contributed by atoms with Crippen molar-refractivity contribution in [2.45, 2.75) is 32.9 Å². The maximum absolute atomic E-state index is 12.2. The van der Waals surface area contributed by atoms with E-state index >= 15 is 0 Å². The van der Waals surface area contributed by atoms with Crippen LogP contribution in [0, 0.1) is 6.92 Å². The third kappa shape index (κ3) is 6.27. The third-order valence-electron chi connectivity index (χ3n) is 4.26. The molecule has 27 heavy (non-hydrogen) atoms. The number of ether oxygens (including phenoxy) is 2. The monoisotopic (exact) mass is 372 g/mol. The van der Waals surface area contributed by atoms with Crippen molar-refractivity contribution in [1.82, 2.24) is 5.32 Å². The summed E-state index contributed by atoms with van der Waals surface area (Å²) in [5.74, 6) is 0.847. The Bertz CT molecular complexity index is 727. The number of benzene rings is 2. The highest BCUT2D eigenvalue weighted by Crippen LogP contribution is 2.31. The van der Waals surface area contributed by atoms with Gasteiger partial charge in [0.1, 0.15) is 0 Å². The summed E-state index contributed by atoms with van der Waals surface area (Å²) in [5.41, 5.74) is 2.72. The fourth-order valence-corrected chi connectivity index (χ4v) is 2.59. The molecule has 1 unspecified atom stereocenters. The smallest absolute Gasteiger partial charge is 0.262 e. The van der Waals surface area contributed by atoms with Crippen LogP contribution in [0.15, 0.2) is 42.5 Å². The molecule has 0 saturated heterocycles. The highest BCUT2D eigenvalue weighted by atomic mass is 16.5. The molecule has 0 radical (unpaired) electrons. The second-order valence-electron chi connectivity index (χ2n) is 6.32. The van der Waals surface area contributed by atoms with Crippen molar-refractivity contribution >= 4 is 11.6 Å². The molecule has 1 atom stereocenters. The lowest BCUT2D eigenvalue weighted by Gasteiger charge is -2.18. The molecule has 0 aliphatic carbocycles. The molecule has 0 aliphatic rings. The number of para-hydroxylation sites is 1. The summed E-state index contributed by atoms with van der Waals surface area (Å²) in [6.45, 7) is 4.44. The van der Waals surface area contributed by atoms with Crippen LogP contribution in [0.25, 0.3) is 0 Å². The standard InChI is InChI=1S/C21H28N2O4/c1-4-17(13-24)22-12-16-6-5-7-19(26-3)21(16)27-14-20(25)23-18-10-8-15(2)9-11-18/h5-11,17,22,24H,4,12-14H2,1-3H3,(H,23,25). The van der Waals surface area contributed by atoms with E-state index in [0.717, 1.165) is 23.2 Å². The highest BCUT2D eigenvalue weighted by Gasteiger charge is 2.14. The first-order valence-electron chi connectivity index (χ1n) is 9.06. The summed E-state index contributed by atoms with van der Waals surface area (Å²) in [6.07, 6.45) is 0.815. The molecule has 0 aliphatic heterocycles. The Labute approximate surface area is 160 Å². The van der Waals surface area contributed by atoms with E-state index in [1.807, 2.05) is 50.2 Å². The van der Waals surface area contributed by atoms with Crippen LogP contribution in [0.5, 0.6) is 11.5 Å². The number of aryl methyl sites for hydroxylation is 1. The van der Waals surface area contributed by atoms with Gasteiger partial charge in [-0.1, -0.05) is 36.8 Å². The summed E-state index contributed by atoms with van der Waals surface area (Å²) in [4.78, 5) is 12.2. The van der Waals surface area contributed by atoms with Gasteiger partial charge in [0.05, 0.1) is 13.7 Å². The predicted octanol–water partition coefficient (Wildman–Crippen LogP) is 2.88. The van der Waals surface area contributed by atoms with E-state index in [1.165, 1.54) is 0 Å². The number of anilines is 1. The molecular weight excluding hydrogens is 344 g/mol. The van der Waals surface area contributed by atoms with E-state index < -0.39 is 0 Å². The number of carbonyl (C=O) groups excluding carboxylic acids is 1. The van der Waals surface area contributed by atoms with Crippen molar-refractivity contribution in [2.24, 2.45) is 0 Å². The van der Waals surface area contributed by atoms with Gasteiger partial charge < -0.3 is 25.2 Å². The topological polar surface area (TPSA) is 79.8 Å². The highest BCUT2D eigenvalue weighted by molar-refractivity contribution is 5.91. The van der Waals surface area contributed by atoms with Crippen molar-refractivity contribution in [3.63, 3.8) is 0 Å². The van der Waals surface area contributed by atoms with Crippen LogP contribution in [-0.4, -0.2) is 37.4 Å². The Hall–Kier alpha value is -2.57. The number of amides is 1. The van der Waals surface area contributed by atoms with E-state index in [-0.39, 0.29) is 25.2 Å². The van der Waals surface area contributed by atoms with Crippen LogP contribution >= 0.6 is 0 Å². The second kappa shape index (κ2) is 10.5. The van der Waals surface area contributed by atoms with Crippen LogP contribution < -0.4 is 20.1 Å². The number of aliphatic hydroxyl groups excluding tert-OH is 1. The van der Waals surface area contributed by atoms with Crippen molar-refractivity contribution in [3.05, 3.63) is 53.6 Å². The number of hydrogen-bond acceptors (Lipinski definition) is 5. The minimum Gasteiger partial charge on any atom is -0.493 e.